The molecule has 1 fully saturated rings. The number of fused-ring (bicyclic) bond motifs is 1. The van der Waals surface area contributed by atoms with Gasteiger partial charge < -0.3 is 10.1 Å². The van der Waals surface area contributed by atoms with Gasteiger partial charge in [-0.05, 0) is 67.4 Å². The fraction of sp³-hybridized carbons (Fsp3) is 0.385. The van der Waals surface area contributed by atoms with E-state index in [1.807, 2.05) is 41.9 Å². The van der Waals surface area contributed by atoms with Gasteiger partial charge in [-0.1, -0.05) is 26.0 Å². The number of nitrogens with zero attached hydrogens (tertiary/aromatic N) is 2. The van der Waals surface area contributed by atoms with Crippen molar-refractivity contribution < 1.29 is 31.5 Å². The summed E-state index contributed by atoms with van der Waals surface area (Å²) >= 11 is 2.96. The zero-order valence-electron chi connectivity index (χ0n) is 21.8. The van der Waals surface area contributed by atoms with Crippen molar-refractivity contribution in [3.8, 4) is 10.7 Å². The zero-order chi connectivity index (χ0) is 29.1. The van der Waals surface area contributed by atoms with Crippen molar-refractivity contribution in [2.24, 2.45) is 5.92 Å². The van der Waals surface area contributed by atoms with Crippen molar-refractivity contribution >= 4 is 55.3 Å². The van der Waals surface area contributed by atoms with Crippen LogP contribution < -0.4 is 4.72 Å². The number of nitrogens with one attached hydrogen (secondary N) is 2. The molecule has 1 aromatic carbocycles. The first-order chi connectivity index (χ1) is 18.9. The number of hydrogen-bond acceptors (Lipinski definition) is 7. The number of sulfonamides is 1. The van der Waals surface area contributed by atoms with Gasteiger partial charge in [0.1, 0.15) is 9.22 Å². The first-order valence-electron chi connectivity index (χ1n) is 12.6. The van der Waals surface area contributed by atoms with E-state index in [-0.39, 0.29) is 0 Å². The van der Waals surface area contributed by atoms with E-state index in [0.29, 0.717) is 15.8 Å². The Morgan fingerprint density at radius 3 is 2.55 bits per heavy atom. The minimum Gasteiger partial charge on any atom is -0.475 e. The highest BCUT2D eigenvalue weighted by Crippen LogP contribution is 2.37. The van der Waals surface area contributed by atoms with Crippen LogP contribution in [0.3, 0.4) is 0 Å². The lowest BCUT2D eigenvalue weighted by atomic mass is 10.2. The summed E-state index contributed by atoms with van der Waals surface area (Å²) in [6.45, 7) is 7.23. The fourth-order valence-corrected chi connectivity index (χ4v) is 7.49. The topological polar surface area (TPSA) is 115 Å². The number of aromatic amines is 1. The summed E-state index contributed by atoms with van der Waals surface area (Å²) in [5.74, 6) is -2.12. The molecule has 8 nitrogen and oxygen atoms in total. The lowest BCUT2D eigenvalue weighted by Gasteiger charge is -2.15. The maximum absolute atomic E-state index is 13.2. The van der Waals surface area contributed by atoms with Crippen LogP contribution in [0.2, 0.25) is 0 Å². The molecule has 1 aliphatic carbocycles. The van der Waals surface area contributed by atoms with Crippen LogP contribution in [-0.4, -0.2) is 53.6 Å². The van der Waals surface area contributed by atoms with Crippen LogP contribution in [0.4, 0.5) is 18.9 Å². The number of H-pyrrole nitrogens is 1. The Balaban J connectivity index is 0.000000470. The molecule has 0 saturated heterocycles. The van der Waals surface area contributed by atoms with Gasteiger partial charge in [-0.25, -0.2) is 18.2 Å². The lowest BCUT2D eigenvalue weighted by molar-refractivity contribution is -0.192. The molecule has 5 rings (SSSR count). The van der Waals surface area contributed by atoms with E-state index in [0.717, 1.165) is 53.2 Å². The number of thiazole rings is 1. The van der Waals surface area contributed by atoms with Crippen molar-refractivity contribution in [3.63, 3.8) is 0 Å². The molecule has 0 radical (unpaired) electrons. The molecule has 3 heterocycles. The molecule has 0 spiro atoms. The van der Waals surface area contributed by atoms with Gasteiger partial charge in [0.15, 0.2) is 0 Å². The van der Waals surface area contributed by atoms with E-state index in [9.17, 15) is 21.6 Å². The molecule has 1 aliphatic rings. The summed E-state index contributed by atoms with van der Waals surface area (Å²) in [4.78, 5) is 20.5. The third-order valence-corrected chi connectivity index (χ3v) is 10.3. The maximum atomic E-state index is 13.2. The number of benzene rings is 1. The minimum absolute atomic E-state index is 0.430. The third kappa shape index (κ3) is 7.42. The van der Waals surface area contributed by atoms with Gasteiger partial charge in [0.05, 0.1) is 16.9 Å². The van der Waals surface area contributed by atoms with Crippen LogP contribution in [-0.2, 0) is 27.8 Å². The summed E-state index contributed by atoms with van der Waals surface area (Å²) < 4.78 is 61.5. The van der Waals surface area contributed by atoms with E-state index < -0.39 is 22.2 Å². The number of anilines is 1. The molecule has 3 N–H and O–H groups in total. The standard InChI is InChI=1S/C24H28N4O2S3.C2HF3O2/c1-3-28(4-2)15-19-14-25-23(32-19)21-13-17-6-5-7-20(22(17)26-21)27-33(29,30)24-18(10-11-31-24)12-16-8-9-16;3-2(4,5)1(6)7/h5-7,10-11,13-14,16,26-27H,3-4,8-9,12,15H2,1-2H3;(H,6,7). The van der Waals surface area contributed by atoms with E-state index >= 15 is 0 Å². The third-order valence-electron chi connectivity index (χ3n) is 6.36. The first-order valence-corrected chi connectivity index (χ1v) is 15.8. The van der Waals surface area contributed by atoms with Gasteiger partial charge in [0, 0.05) is 23.0 Å². The second-order valence-corrected chi connectivity index (χ2v) is 13.2. The van der Waals surface area contributed by atoms with Crippen LogP contribution >= 0.6 is 22.7 Å². The highest BCUT2D eigenvalue weighted by Gasteiger charge is 2.38. The van der Waals surface area contributed by atoms with Crippen LogP contribution in [0.1, 0.15) is 37.1 Å². The molecular weight excluding hydrogens is 586 g/mol. The second kappa shape index (κ2) is 12.3. The smallest absolute Gasteiger partial charge is 0.475 e. The summed E-state index contributed by atoms with van der Waals surface area (Å²) in [5, 5.41) is 10.9. The number of alkyl halides is 3. The average molecular weight is 615 g/mol. The lowest BCUT2D eigenvalue weighted by Crippen LogP contribution is -2.21. The number of halogens is 3. The Hall–Kier alpha value is -2.94. The Morgan fingerprint density at radius 1 is 1.23 bits per heavy atom. The Kier molecular flexibility index (Phi) is 9.22. The van der Waals surface area contributed by atoms with Gasteiger partial charge in [-0.15, -0.1) is 22.7 Å². The van der Waals surface area contributed by atoms with E-state index in [2.05, 4.69) is 33.4 Å². The molecule has 0 aliphatic heterocycles. The molecular formula is C26H29F3N4O4S3. The number of carboxylic acids is 1. The van der Waals surface area contributed by atoms with Crippen molar-refractivity contribution in [1.29, 1.82) is 0 Å². The van der Waals surface area contributed by atoms with Crippen LogP contribution in [0, 0.1) is 5.92 Å². The Morgan fingerprint density at radius 2 is 1.93 bits per heavy atom. The molecule has 40 heavy (non-hydrogen) atoms. The molecule has 14 heteroatoms. The van der Waals surface area contributed by atoms with Crippen LogP contribution in [0.15, 0.2) is 46.1 Å². The quantitative estimate of drug-likeness (QED) is 0.186. The van der Waals surface area contributed by atoms with Gasteiger partial charge >= 0.3 is 12.1 Å². The molecule has 4 aromatic rings. The van der Waals surface area contributed by atoms with Crippen LogP contribution in [0.25, 0.3) is 21.6 Å². The number of aromatic nitrogens is 2. The van der Waals surface area contributed by atoms with Crippen molar-refractivity contribution in [2.45, 2.75) is 50.0 Å². The molecule has 0 unspecified atom stereocenters. The molecule has 1 saturated carbocycles. The molecule has 3 aromatic heterocycles. The Bertz CT molecular complexity index is 1570. The number of para-hydroxylation sites is 1. The highest BCUT2D eigenvalue weighted by molar-refractivity contribution is 7.94. The summed E-state index contributed by atoms with van der Waals surface area (Å²) in [6.07, 6.45) is 0.0868. The molecule has 0 atom stereocenters. The van der Waals surface area contributed by atoms with Gasteiger partial charge in [0.2, 0.25) is 0 Å². The van der Waals surface area contributed by atoms with Crippen molar-refractivity contribution in [2.75, 3.05) is 17.8 Å². The van der Waals surface area contributed by atoms with Gasteiger partial charge in [-0.3, -0.25) is 9.62 Å². The second-order valence-electron chi connectivity index (χ2n) is 9.34. The predicted molar refractivity (Wildman–Crippen MR) is 151 cm³/mol. The van der Waals surface area contributed by atoms with Gasteiger partial charge in [0.25, 0.3) is 10.0 Å². The summed E-state index contributed by atoms with van der Waals surface area (Å²) in [5.41, 5.74) is 3.16. The van der Waals surface area contributed by atoms with E-state index in [1.165, 1.54) is 29.1 Å². The first kappa shape index (κ1) is 30.0. The molecule has 0 bridgehead atoms. The normalized spacial score (nSPS) is 13.8. The fourth-order valence-electron chi connectivity index (χ4n) is 4.06. The van der Waals surface area contributed by atoms with Crippen molar-refractivity contribution in [1.82, 2.24) is 14.9 Å². The monoisotopic (exact) mass is 614 g/mol. The summed E-state index contributed by atoms with van der Waals surface area (Å²) in [7, 11) is -3.65. The van der Waals surface area contributed by atoms with E-state index in [4.69, 9.17) is 9.90 Å². The largest absolute Gasteiger partial charge is 0.490 e. The average Bonchev–Trinajstić information content (AvgIpc) is 3.26. The number of carbonyl (C=O) groups is 1. The van der Waals surface area contributed by atoms with Crippen molar-refractivity contribution in [3.05, 3.63) is 52.3 Å². The van der Waals surface area contributed by atoms with Gasteiger partial charge in [-0.2, -0.15) is 13.2 Å². The maximum Gasteiger partial charge on any atom is 0.490 e. The number of aliphatic carboxylic acids is 1. The number of carboxylic acid groups (broad SMARTS) is 1. The zero-order valence-corrected chi connectivity index (χ0v) is 24.2. The predicted octanol–water partition coefficient (Wildman–Crippen LogP) is 6.58. The van der Waals surface area contributed by atoms with Crippen LogP contribution in [0.5, 0.6) is 0 Å². The van der Waals surface area contributed by atoms with E-state index in [1.54, 1.807) is 11.3 Å². The number of rotatable bonds is 10. The number of hydrogen-bond donors (Lipinski definition) is 3. The summed E-state index contributed by atoms with van der Waals surface area (Å²) in [6, 6.07) is 9.66. The molecule has 0 amide bonds. The SMILES string of the molecule is CCN(CC)Cc1cnc(-c2cc3cccc(NS(=O)(=O)c4sccc4CC4CC4)c3[nH]2)s1.O=C(O)C(F)(F)F. The highest BCUT2D eigenvalue weighted by atomic mass is 32.2. The Labute approximate surface area is 237 Å². The number of thiophene rings is 1. The molecule has 216 valence electrons. The minimum atomic E-state index is -5.08.